The molecule has 0 aliphatic rings. The van der Waals surface area contributed by atoms with Gasteiger partial charge in [-0.15, -0.1) is 0 Å². The van der Waals surface area contributed by atoms with Crippen LogP contribution >= 0.6 is 15.9 Å². The summed E-state index contributed by atoms with van der Waals surface area (Å²) in [6.45, 7) is 0.670. The monoisotopic (exact) mass is 442 g/mol. The van der Waals surface area contributed by atoms with Gasteiger partial charge in [-0.2, -0.15) is 13.2 Å². The summed E-state index contributed by atoms with van der Waals surface area (Å²) >= 11 is 3.29. The molecule has 0 aromatic heterocycles. The minimum absolute atomic E-state index is 0.0218. The van der Waals surface area contributed by atoms with Gasteiger partial charge in [0.25, 0.3) is 5.91 Å². The van der Waals surface area contributed by atoms with Crippen LogP contribution in [0.2, 0.25) is 0 Å². The van der Waals surface area contributed by atoms with E-state index in [1.165, 1.54) is 6.07 Å². The molecule has 2 rings (SSSR count). The first kappa shape index (κ1) is 20.8. The van der Waals surface area contributed by atoms with E-state index in [4.69, 9.17) is 5.73 Å². The van der Waals surface area contributed by atoms with E-state index in [9.17, 15) is 18.0 Å². The van der Waals surface area contributed by atoms with E-state index in [1.807, 2.05) is 0 Å². The van der Waals surface area contributed by atoms with Crippen LogP contribution in [0, 0.1) is 0 Å². The van der Waals surface area contributed by atoms with Crippen LogP contribution in [0.15, 0.2) is 58.0 Å². The second-order valence-electron chi connectivity index (χ2n) is 5.59. The summed E-state index contributed by atoms with van der Waals surface area (Å²) in [6.07, 6.45) is -4.39. The van der Waals surface area contributed by atoms with Crippen LogP contribution in [0.1, 0.15) is 21.5 Å². The molecule has 144 valence electrons. The van der Waals surface area contributed by atoms with Crippen molar-refractivity contribution < 1.29 is 18.0 Å². The maximum Gasteiger partial charge on any atom is 0.416 e. The Morgan fingerprint density at radius 2 is 1.74 bits per heavy atom. The minimum Gasteiger partial charge on any atom is -0.370 e. The van der Waals surface area contributed by atoms with Gasteiger partial charge in [-0.05, 0) is 42.0 Å². The molecule has 2 aromatic carbocycles. The summed E-state index contributed by atoms with van der Waals surface area (Å²) in [4.78, 5) is 15.9. The number of carbonyl (C=O) groups is 1. The van der Waals surface area contributed by atoms with Crippen molar-refractivity contribution in [1.29, 1.82) is 0 Å². The molecule has 0 spiro atoms. The first-order valence-corrected chi connectivity index (χ1v) is 8.78. The second kappa shape index (κ2) is 9.40. The molecule has 4 N–H and O–H groups in total. The Kier molecular flexibility index (Phi) is 7.23. The van der Waals surface area contributed by atoms with Crippen molar-refractivity contribution >= 4 is 27.8 Å². The molecule has 0 saturated carbocycles. The highest BCUT2D eigenvalue weighted by Crippen LogP contribution is 2.29. The lowest BCUT2D eigenvalue weighted by atomic mass is 10.1. The lowest BCUT2D eigenvalue weighted by Gasteiger charge is -2.09. The zero-order valence-electron chi connectivity index (χ0n) is 14.2. The maximum atomic E-state index is 12.7. The molecule has 0 unspecified atom stereocenters. The standard InChI is InChI=1S/C18H18BrF3N4O/c19-15-6-4-13(5-7-15)16(27)24-8-9-25-17(23)26-11-12-2-1-3-14(10-12)18(20,21)22/h1-7,10H,8-9,11H2,(H,24,27)(H3,23,25,26). The van der Waals surface area contributed by atoms with Gasteiger partial charge in [0.05, 0.1) is 12.1 Å². The van der Waals surface area contributed by atoms with Gasteiger partial charge < -0.3 is 16.4 Å². The number of halogens is 4. The fourth-order valence-corrected chi connectivity index (χ4v) is 2.41. The summed E-state index contributed by atoms with van der Waals surface area (Å²) in [6, 6.07) is 11.8. The number of hydrogen-bond donors (Lipinski definition) is 3. The highest BCUT2D eigenvalue weighted by atomic mass is 79.9. The lowest BCUT2D eigenvalue weighted by molar-refractivity contribution is -0.137. The molecule has 9 heteroatoms. The van der Waals surface area contributed by atoms with Crippen molar-refractivity contribution in [3.63, 3.8) is 0 Å². The number of nitrogens with zero attached hydrogens (tertiary/aromatic N) is 1. The van der Waals surface area contributed by atoms with Gasteiger partial charge in [-0.1, -0.05) is 28.1 Å². The number of alkyl halides is 3. The van der Waals surface area contributed by atoms with Crippen LogP contribution in [0.3, 0.4) is 0 Å². The molecule has 2 aromatic rings. The summed E-state index contributed by atoms with van der Waals surface area (Å²) in [5.41, 5.74) is 5.90. The molecule has 0 aliphatic heterocycles. The first-order valence-electron chi connectivity index (χ1n) is 7.99. The summed E-state index contributed by atoms with van der Waals surface area (Å²) in [5, 5.41) is 5.52. The van der Waals surface area contributed by atoms with Gasteiger partial charge in [0, 0.05) is 23.1 Å². The van der Waals surface area contributed by atoms with Gasteiger partial charge in [-0.3, -0.25) is 4.79 Å². The van der Waals surface area contributed by atoms with Gasteiger partial charge in [0.2, 0.25) is 0 Å². The zero-order chi connectivity index (χ0) is 19.9. The van der Waals surface area contributed by atoms with Crippen molar-refractivity contribution in [3.8, 4) is 0 Å². The van der Waals surface area contributed by atoms with Crippen LogP contribution in [0.25, 0.3) is 0 Å². The van der Waals surface area contributed by atoms with Crippen LogP contribution in [-0.2, 0) is 12.7 Å². The molecular formula is C18H18BrF3N4O. The van der Waals surface area contributed by atoms with E-state index in [0.29, 0.717) is 24.2 Å². The van der Waals surface area contributed by atoms with Crippen LogP contribution in [0.5, 0.6) is 0 Å². The molecular weight excluding hydrogens is 425 g/mol. The summed E-state index contributed by atoms with van der Waals surface area (Å²) in [5.74, 6) is -0.130. The van der Waals surface area contributed by atoms with Crippen LogP contribution < -0.4 is 16.4 Å². The average Bonchev–Trinajstić information content (AvgIpc) is 2.63. The number of carbonyl (C=O) groups excluding carboxylic acids is 1. The Balaban J connectivity index is 1.76. The normalized spacial score (nSPS) is 11.9. The number of benzene rings is 2. The lowest BCUT2D eigenvalue weighted by Crippen LogP contribution is -2.38. The van der Waals surface area contributed by atoms with Crippen LogP contribution in [0.4, 0.5) is 13.2 Å². The van der Waals surface area contributed by atoms with Crippen LogP contribution in [-0.4, -0.2) is 25.0 Å². The molecule has 0 radical (unpaired) electrons. The quantitative estimate of drug-likeness (QED) is 0.364. The molecule has 0 saturated heterocycles. The first-order chi connectivity index (χ1) is 12.8. The third kappa shape index (κ3) is 6.93. The van der Waals surface area contributed by atoms with Gasteiger partial charge in [-0.25, -0.2) is 4.99 Å². The minimum atomic E-state index is -4.39. The number of guanidine groups is 1. The maximum absolute atomic E-state index is 12.7. The van der Waals surface area contributed by atoms with Gasteiger partial charge in [0.1, 0.15) is 0 Å². The number of nitrogens with one attached hydrogen (secondary N) is 2. The average molecular weight is 443 g/mol. The van der Waals surface area contributed by atoms with Gasteiger partial charge >= 0.3 is 6.18 Å². The Morgan fingerprint density at radius 3 is 2.41 bits per heavy atom. The van der Waals surface area contributed by atoms with Crippen molar-refractivity contribution in [3.05, 3.63) is 69.7 Å². The molecule has 1 amide bonds. The van der Waals surface area contributed by atoms with Crippen molar-refractivity contribution in [2.24, 2.45) is 10.7 Å². The van der Waals surface area contributed by atoms with E-state index in [1.54, 1.807) is 30.3 Å². The van der Waals surface area contributed by atoms with Crippen molar-refractivity contribution in [2.45, 2.75) is 12.7 Å². The predicted octanol–water partition coefficient (Wildman–Crippen LogP) is 3.30. The molecule has 5 nitrogen and oxygen atoms in total. The fraction of sp³-hybridized carbons (Fsp3) is 0.222. The number of hydrogen-bond acceptors (Lipinski definition) is 2. The van der Waals surface area contributed by atoms with E-state index in [0.717, 1.165) is 16.6 Å². The molecule has 0 bridgehead atoms. The third-order valence-electron chi connectivity index (χ3n) is 3.51. The fourth-order valence-electron chi connectivity index (χ4n) is 2.15. The predicted molar refractivity (Wildman–Crippen MR) is 101 cm³/mol. The largest absolute Gasteiger partial charge is 0.416 e. The number of aliphatic imine (C=N–C) groups is 1. The summed E-state index contributed by atoms with van der Waals surface area (Å²) in [7, 11) is 0. The van der Waals surface area contributed by atoms with Crippen molar-refractivity contribution in [2.75, 3.05) is 13.1 Å². The Morgan fingerprint density at radius 1 is 1.07 bits per heavy atom. The Labute approximate surface area is 163 Å². The number of rotatable bonds is 6. The second-order valence-corrected chi connectivity index (χ2v) is 6.50. The molecule has 0 fully saturated rings. The topological polar surface area (TPSA) is 79.5 Å². The zero-order valence-corrected chi connectivity index (χ0v) is 15.8. The van der Waals surface area contributed by atoms with E-state index >= 15 is 0 Å². The van der Waals surface area contributed by atoms with E-state index < -0.39 is 11.7 Å². The Bertz CT molecular complexity index is 807. The van der Waals surface area contributed by atoms with Crippen molar-refractivity contribution in [1.82, 2.24) is 10.6 Å². The molecule has 0 atom stereocenters. The van der Waals surface area contributed by atoms with E-state index in [-0.39, 0.29) is 18.4 Å². The summed E-state index contributed by atoms with van der Waals surface area (Å²) < 4.78 is 38.9. The van der Waals surface area contributed by atoms with Gasteiger partial charge in [0.15, 0.2) is 5.96 Å². The Hall–Kier alpha value is -2.55. The smallest absolute Gasteiger partial charge is 0.370 e. The molecule has 0 heterocycles. The van der Waals surface area contributed by atoms with E-state index in [2.05, 4.69) is 31.6 Å². The highest BCUT2D eigenvalue weighted by Gasteiger charge is 2.30. The number of amides is 1. The third-order valence-corrected chi connectivity index (χ3v) is 4.04. The molecule has 0 aliphatic carbocycles. The number of nitrogens with two attached hydrogens (primary N) is 1. The molecule has 27 heavy (non-hydrogen) atoms. The SMILES string of the molecule is NC(=NCc1cccc(C(F)(F)F)c1)NCCNC(=O)c1ccc(Br)cc1. The highest BCUT2D eigenvalue weighted by molar-refractivity contribution is 9.10.